The third-order valence-corrected chi connectivity index (χ3v) is 2.66. The van der Waals surface area contributed by atoms with Crippen molar-refractivity contribution in [2.45, 2.75) is 32.8 Å². The number of methoxy groups -OCH3 is 1. The first-order chi connectivity index (χ1) is 10.2. The lowest BCUT2D eigenvalue weighted by molar-refractivity contribution is 0.0528. The first kappa shape index (κ1) is 17.9. The molecule has 1 aromatic carbocycles. The second kappa shape index (κ2) is 7.72. The fourth-order valence-electron chi connectivity index (χ4n) is 1.69. The molecule has 0 aliphatic heterocycles. The standard InChI is InChI=1S/C15H24FN3O3/c1-15(2,3)22-14(20)19-7-5-6-18-12-9-13(21-4)10(16)8-11(12)17/h8-9,18H,5-7,17H2,1-4H3,(H,19,20). The van der Waals surface area contributed by atoms with Crippen molar-refractivity contribution in [1.29, 1.82) is 0 Å². The maximum absolute atomic E-state index is 13.4. The molecule has 0 saturated carbocycles. The smallest absolute Gasteiger partial charge is 0.407 e. The summed E-state index contributed by atoms with van der Waals surface area (Å²) in [6, 6.07) is 2.71. The Kier molecular flexibility index (Phi) is 6.27. The number of benzene rings is 1. The molecular weight excluding hydrogens is 289 g/mol. The van der Waals surface area contributed by atoms with Crippen LogP contribution in [0.3, 0.4) is 0 Å². The van der Waals surface area contributed by atoms with Gasteiger partial charge < -0.3 is 25.8 Å². The summed E-state index contributed by atoms with van der Waals surface area (Å²) < 4.78 is 23.4. The van der Waals surface area contributed by atoms with E-state index >= 15 is 0 Å². The summed E-state index contributed by atoms with van der Waals surface area (Å²) >= 11 is 0. The molecular formula is C15H24FN3O3. The summed E-state index contributed by atoms with van der Waals surface area (Å²) in [5.41, 5.74) is 6.11. The van der Waals surface area contributed by atoms with Crippen LogP contribution in [0.25, 0.3) is 0 Å². The number of halogens is 1. The fraction of sp³-hybridized carbons (Fsp3) is 0.533. The third-order valence-electron chi connectivity index (χ3n) is 2.66. The van der Waals surface area contributed by atoms with Gasteiger partial charge in [0.25, 0.3) is 0 Å². The number of nitrogen functional groups attached to an aromatic ring is 1. The maximum Gasteiger partial charge on any atom is 0.407 e. The summed E-state index contributed by atoms with van der Waals surface area (Å²) in [4.78, 5) is 11.4. The van der Waals surface area contributed by atoms with Crippen molar-refractivity contribution in [3.8, 4) is 5.75 Å². The van der Waals surface area contributed by atoms with Gasteiger partial charge in [0.2, 0.25) is 0 Å². The van der Waals surface area contributed by atoms with E-state index in [9.17, 15) is 9.18 Å². The minimum atomic E-state index is -0.512. The Morgan fingerprint density at radius 1 is 1.32 bits per heavy atom. The van der Waals surface area contributed by atoms with Gasteiger partial charge in [0.1, 0.15) is 5.60 Å². The van der Waals surface area contributed by atoms with Gasteiger partial charge in [-0.2, -0.15) is 0 Å². The van der Waals surface area contributed by atoms with Crippen LogP contribution < -0.4 is 21.1 Å². The summed E-state index contributed by atoms with van der Waals surface area (Å²) in [5, 5.41) is 5.73. The van der Waals surface area contributed by atoms with Gasteiger partial charge in [-0.15, -0.1) is 0 Å². The highest BCUT2D eigenvalue weighted by atomic mass is 19.1. The lowest BCUT2D eigenvalue weighted by atomic mass is 10.2. The normalized spacial score (nSPS) is 11.0. The predicted molar refractivity (Wildman–Crippen MR) is 84.7 cm³/mol. The number of carbonyl (C=O) groups is 1. The highest BCUT2D eigenvalue weighted by molar-refractivity contribution is 5.69. The number of hydrogen-bond donors (Lipinski definition) is 3. The van der Waals surface area contributed by atoms with E-state index in [0.717, 1.165) is 0 Å². The van der Waals surface area contributed by atoms with Crippen LogP contribution >= 0.6 is 0 Å². The van der Waals surface area contributed by atoms with Crippen LogP contribution in [0.1, 0.15) is 27.2 Å². The molecule has 7 heteroatoms. The number of ether oxygens (including phenoxy) is 2. The number of rotatable bonds is 6. The Hall–Kier alpha value is -2.18. The van der Waals surface area contributed by atoms with E-state index < -0.39 is 17.5 Å². The molecule has 0 spiro atoms. The van der Waals surface area contributed by atoms with E-state index in [4.69, 9.17) is 15.2 Å². The number of alkyl carbamates (subject to hydrolysis) is 1. The molecule has 0 aromatic heterocycles. The molecule has 0 heterocycles. The molecule has 6 nitrogen and oxygen atoms in total. The van der Waals surface area contributed by atoms with Gasteiger partial charge in [0.05, 0.1) is 18.5 Å². The van der Waals surface area contributed by atoms with Crippen molar-refractivity contribution < 1.29 is 18.7 Å². The number of carbonyl (C=O) groups excluding carboxylic acids is 1. The minimum absolute atomic E-state index is 0.128. The van der Waals surface area contributed by atoms with Gasteiger partial charge in [-0.25, -0.2) is 9.18 Å². The van der Waals surface area contributed by atoms with Crippen molar-refractivity contribution in [2.75, 3.05) is 31.2 Å². The molecule has 124 valence electrons. The molecule has 0 radical (unpaired) electrons. The van der Waals surface area contributed by atoms with E-state index in [1.54, 1.807) is 20.8 Å². The average Bonchev–Trinajstić information content (AvgIpc) is 2.38. The second-order valence-electron chi connectivity index (χ2n) is 5.78. The number of nitrogens with two attached hydrogens (primary N) is 1. The van der Waals surface area contributed by atoms with Crippen LogP contribution in [-0.2, 0) is 4.74 Å². The van der Waals surface area contributed by atoms with Crippen LogP contribution in [-0.4, -0.2) is 31.9 Å². The van der Waals surface area contributed by atoms with Gasteiger partial charge in [-0.3, -0.25) is 0 Å². The van der Waals surface area contributed by atoms with Gasteiger partial charge in [-0.05, 0) is 27.2 Å². The van der Waals surface area contributed by atoms with E-state index in [0.29, 0.717) is 30.9 Å². The quantitative estimate of drug-likeness (QED) is 0.555. The molecule has 0 aliphatic rings. The number of amides is 1. The minimum Gasteiger partial charge on any atom is -0.494 e. The van der Waals surface area contributed by atoms with E-state index in [1.165, 1.54) is 19.2 Å². The highest BCUT2D eigenvalue weighted by Gasteiger charge is 2.15. The van der Waals surface area contributed by atoms with E-state index in [1.807, 2.05) is 0 Å². The summed E-state index contributed by atoms with van der Waals surface area (Å²) in [5.74, 6) is -0.374. The topological polar surface area (TPSA) is 85.6 Å². The van der Waals surface area contributed by atoms with E-state index in [-0.39, 0.29) is 5.75 Å². The Bertz CT molecular complexity index is 515. The monoisotopic (exact) mass is 313 g/mol. The van der Waals surface area contributed by atoms with E-state index in [2.05, 4.69) is 10.6 Å². The van der Waals surface area contributed by atoms with Crippen molar-refractivity contribution in [3.63, 3.8) is 0 Å². The summed E-state index contributed by atoms with van der Waals surface area (Å²) in [7, 11) is 1.39. The van der Waals surface area contributed by atoms with Gasteiger partial charge in [-0.1, -0.05) is 0 Å². The zero-order chi connectivity index (χ0) is 16.8. The highest BCUT2D eigenvalue weighted by Crippen LogP contribution is 2.27. The molecule has 0 atom stereocenters. The molecule has 0 aliphatic carbocycles. The molecule has 0 unspecified atom stereocenters. The summed E-state index contributed by atoms with van der Waals surface area (Å²) in [6.45, 7) is 6.44. The Morgan fingerprint density at radius 2 is 2.00 bits per heavy atom. The Balaban J connectivity index is 2.35. The lowest BCUT2D eigenvalue weighted by Gasteiger charge is -2.19. The maximum atomic E-state index is 13.4. The van der Waals surface area contributed by atoms with Crippen LogP contribution in [0, 0.1) is 5.82 Å². The zero-order valence-corrected chi connectivity index (χ0v) is 13.5. The molecule has 1 amide bonds. The van der Waals surface area contributed by atoms with Crippen LogP contribution in [0.2, 0.25) is 0 Å². The number of nitrogens with one attached hydrogen (secondary N) is 2. The van der Waals surface area contributed by atoms with Gasteiger partial charge >= 0.3 is 6.09 Å². The van der Waals surface area contributed by atoms with Gasteiger partial charge in [0, 0.05) is 25.2 Å². The van der Waals surface area contributed by atoms with Crippen LogP contribution in [0.4, 0.5) is 20.6 Å². The fourth-order valence-corrected chi connectivity index (χ4v) is 1.69. The molecule has 1 aromatic rings. The number of anilines is 2. The third kappa shape index (κ3) is 6.07. The molecule has 0 fully saturated rings. The Labute approximate surface area is 130 Å². The van der Waals surface area contributed by atoms with Crippen molar-refractivity contribution >= 4 is 17.5 Å². The molecule has 0 bridgehead atoms. The Morgan fingerprint density at radius 3 is 2.59 bits per heavy atom. The molecule has 22 heavy (non-hydrogen) atoms. The summed E-state index contributed by atoms with van der Waals surface area (Å²) in [6.07, 6.45) is 0.216. The largest absolute Gasteiger partial charge is 0.494 e. The zero-order valence-electron chi connectivity index (χ0n) is 13.5. The lowest BCUT2D eigenvalue weighted by Crippen LogP contribution is -2.33. The molecule has 0 saturated heterocycles. The first-order valence-corrected chi connectivity index (χ1v) is 7.06. The molecule has 1 rings (SSSR count). The van der Waals surface area contributed by atoms with Crippen molar-refractivity contribution in [3.05, 3.63) is 17.9 Å². The molecule has 4 N–H and O–H groups in total. The van der Waals surface area contributed by atoms with Crippen LogP contribution in [0.5, 0.6) is 5.75 Å². The first-order valence-electron chi connectivity index (χ1n) is 7.06. The van der Waals surface area contributed by atoms with Crippen LogP contribution in [0.15, 0.2) is 12.1 Å². The second-order valence-corrected chi connectivity index (χ2v) is 5.78. The predicted octanol–water partition coefficient (Wildman–Crippen LogP) is 2.74. The average molecular weight is 313 g/mol. The number of hydrogen-bond acceptors (Lipinski definition) is 5. The SMILES string of the molecule is COc1cc(NCCCNC(=O)OC(C)(C)C)c(N)cc1F. The van der Waals surface area contributed by atoms with Crippen molar-refractivity contribution in [2.24, 2.45) is 0 Å². The van der Waals surface area contributed by atoms with Gasteiger partial charge in [0.15, 0.2) is 11.6 Å². The van der Waals surface area contributed by atoms with Crippen molar-refractivity contribution in [1.82, 2.24) is 5.32 Å².